The second kappa shape index (κ2) is 6.95. The third-order valence-electron chi connectivity index (χ3n) is 4.69. The van der Waals surface area contributed by atoms with Crippen molar-refractivity contribution in [1.82, 2.24) is 0 Å². The monoisotopic (exact) mass is 298 g/mol. The second-order valence-corrected chi connectivity index (χ2v) is 6.44. The van der Waals surface area contributed by atoms with E-state index in [2.05, 4.69) is 31.2 Å². The minimum atomic E-state index is -0.213. The van der Waals surface area contributed by atoms with E-state index >= 15 is 0 Å². The normalized spacial score (nSPS) is 21.5. The lowest BCUT2D eigenvalue weighted by Crippen LogP contribution is -2.10. The van der Waals surface area contributed by atoms with Gasteiger partial charge >= 0.3 is 0 Å². The fourth-order valence-corrected chi connectivity index (χ4v) is 3.18. The van der Waals surface area contributed by atoms with Crippen LogP contribution in [0.3, 0.4) is 0 Å². The molecule has 0 saturated heterocycles. The Hall–Kier alpha value is -1.83. The zero-order valence-corrected chi connectivity index (χ0v) is 13.1. The van der Waals surface area contributed by atoms with Crippen molar-refractivity contribution in [3.05, 3.63) is 65.5 Å². The van der Waals surface area contributed by atoms with Crippen LogP contribution in [0.1, 0.15) is 49.7 Å². The Morgan fingerprint density at radius 1 is 0.909 bits per heavy atom. The largest absolute Gasteiger partial charge is 0.489 e. The van der Waals surface area contributed by atoms with Crippen molar-refractivity contribution in [1.29, 1.82) is 0 Å². The van der Waals surface area contributed by atoms with Gasteiger partial charge in [-0.05, 0) is 60.1 Å². The predicted molar refractivity (Wildman–Crippen MR) is 87.5 cm³/mol. The van der Waals surface area contributed by atoms with Crippen LogP contribution in [0.5, 0.6) is 5.75 Å². The van der Waals surface area contributed by atoms with Gasteiger partial charge in [0.1, 0.15) is 18.2 Å². The summed E-state index contributed by atoms with van der Waals surface area (Å²) in [5.41, 5.74) is 2.41. The molecule has 2 aromatic rings. The molecule has 0 bridgehead atoms. The van der Waals surface area contributed by atoms with Crippen LogP contribution in [0.25, 0.3) is 0 Å². The molecule has 3 rings (SSSR count). The SMILES string of the molecule is CC1CCC(c2ccc(OCc3ccc(F)cc3)cc2)CC1. The van der Waals surface area contributed by atoms with E-state index in [1.54, 1.807) is 12.1 Å². The highest BCUT2D eigenvalue weighted by Crippen LogP contribution is 2.35. The summed E-state index contributed by atoms with van der Waals surface area (Å²) in [6, 6.07) is 14.9. The number of hydrogen-bond acceptors (Lipinski definition) is 1. The predicted octanol–water partition coefficient (Wildman–Crippen LogP) is 5.70. The lowest BCUT2D eigenvalue weighted by atomic mass is 9.79. The summed E-state index contributed by atoms with van der Waals surface area (Å²) >= 11 is 0. The molecule has 2 heteroatoms. The Balaban J connectivity index is 1.56. The van der Waals surface area contributed by atoms with Crippen LogP contribution in [0.4, 0.5) is 4.39 Å². The van der Waals surface area contributed by atoms with Gasteiger partial charge in [0.25, 0.3) is 0 Å². The molecule has 1 saturated carbocycles. The van der Waals surface area contributed by atoms with Gasteiger partial charge in [-0.1, -0.05) is 44.0 Å². The number of ether oxygens (including phenoxy) is 1. The highest BCUT2D eigenvalue weighted by Gasteiger charge is 2.19. The lowest BCUT2D eigenvalue weighted by molar-refractivity contribution is 0.305. The maximum Gasteiger partial charge on any atom is 0.123 e. The highest BCUT2D eigenvalue weighted by atomic mass is 19.1. The average molecular weight is 298 g/mol. The molecule has 0 unspecified atom stereocenters. The van der Waals surface area contributed by atoms with Crippen LogP contribution >= 0.6 is 0 Å². The molecule has 1 aliphatic rings. The van der Waals surface area contributed by atoms with E-state index in [1.165, 1.54) is 43.4 Å². The quantitative estimate of drug-likeness (QED) is 0.703. The molecule has 0 atom stereocenters. The number of rotatable bonds is 4. The van der Waals surface area contributed by atoms with Crippen LogP contribution in [-0.4, -0.2) is 0 Å². The fraction of sp³-hybridized carbons (Fsp3) is 0.400. The first kappa shape index (κ1) is 15.1. The molecule has 1 fully saturated rings. The zero-order valence-electron chi connectivity index (χ0n) is 13.1. The van der Waals surface area contributed by atoms with E-state index in [4.69, 9.17) is 4.74 Å². The highest BCUT2D eigenvalue weighted by molar-refractivity contribution is 5.30. The van der Waals surface area contributed by atoms with Gasteiger partial charge in [-0.2, -0.15) is 0 Å². The fourth-order valence-electron chi connectivity index (χ4n) is 3.18. The first-order valence-corrected chi connectivity index (χ1v) is 8.18. The summed E-state index contributed by atoms with van der Waals surface area (Å²) in [7, 11) is 0. The van der Waals surface area contributed by atoms with Gasteiger partial charge in [-0.25, -0.2) is 4.39 Å². The molecule has 1 nitrogen and oxygen atoms in total. The van der Waals surface area contributed by atoms with Crippen molar-refractivity contribution in [2.24, 2.45) is 5.92 Å². The van der Waals surface area contributed by atoms with Crippen molar-refractivity contribution in [3.63, 3.8) is 0 Å². The molecular weight excluding hydrogens is 275 g/mol. The Morgan fingerprint density at radius 2 is 1.55 bits per heavy atom. The van der Waals surface area contributed by atoms with Crippen molar-refractivity contribution < 1.29 is 9.13 Å². The molecule has 2 aromatic carbocycles. The molecule has 0 amide bonds. The van der Waals surface area contributed by atoms with Crippen LogP contribution in [-0.2, 0) is 6.61 Å². The maximum absolute atomic E-state index is 12.9. The molecule has 1 aliphatic carbocycles. The summed E-state index contributed by atoms with van der Waals surface area (Å²) in [6.07, 6.45) is 5.29. The summed E-state index contributed by atoms with van der Waals surface area (Å²) in [4.78, 5) is 0. The lowest BCUT2D eigenvalue weighted by Gasteiger charge is -2.26. The molecule has 22 heavy (non-hydrogen) atoms. The Kier molecular flexibility index (Phi) is 4.77. The molecule has 0 N–H and O–H groups in total. The molecule has 0 aliphatic heterocycles. The summed E-state index contributed by atoms with van der Waals surface area (Å²) in [6.45, 7) is 2.82. The van der Waals surface area contributed by atoms with Crippen LogP contribution in [0, 0.1) is 11.7 Å². The summed E-state index contributed by atoms with van der Waals surface area (Å²) in [5, 5.41) is 0. The number of hydrogen-bond donors (Lipinski definition) is 0. The summed E-state index contributed by atoms with van der Waals surface area (Å²) in [5.74, 6) is 2.25. The minimum Gasteiger partial charge on any atom is -0.489 e. The van der Waals surface area contributed by atoms with E-state index in [-0.39, 0.29) is 5.82 Å². The Labute approximate surface area is 132 Å². The summed E-state index contributed by atoms with van der Waals surface area (Å²) < 4.78 is 18.6. The van der Waals surface area contributed by atoms with Gasteiger partial charge in [-0.15, -0.1) is 0 Å². The molecular formula is C20H23FO. The third-order valence-corrected chi connectivity index (χ3v) is 4.69. The third kappa shape index (κ3) is 3.88. The van der Waals surface area contributed by atoms with E-state index in [9.17, 15) is 4.39 Å². The van der Waals surface area contributed by atoms with Gasteiger partial charge in [0, 0.05) is 0 Å². The number of benzene rings is 2. The Bertz CT molecular complexity index is 580. The van der Waals surface area contributed by atoms with Crippen molar-refractivity contribution in [2.75, 3.05) is 0 Å². The second-order valence-electron chi connectivity index (χ2n) is 6.44. The van der Waals surface area contributed by atoms with Crippen molar-refractivity contribution in [2.45, 2.75) is 45.1 Å². The first-order chi connectivity index (χ1) is 10.7. The standard InChI is InChI=1S/C20H23FO/c1-15-2-6-17(7-3-15)18-8-12-20(13-9-18)22-14-16-4-10-19(21)11-5-16/h4-5,8-13,15,17H,2-3,6-7,14H2,1H3. The average Bonchev–Trinajstić information content (AvgIpc) is 2.56. The topological polar surface area (TPSA) is 9.23 Å². The zero-order chi connectivity index (χ0) is 15.4. The van der Waals surface area contributed by atoms with E-state index in [0.717, 1.165) is 17.2 Å². The maximum atomic E-state index is 12.9. The van der Waals surface area contributed by atoms with Crippen LogP contribution in [0.2, 0.25) is 0 Å². The van der Waals surface area contributed by atoms with Crippen LogP contribution in [0.15, 0.2) is 48.5 Å². The van der Waals surface area contributed by atoms with Crippen LogP contribution < -0.4 is 4.74 Å². The smallest absolute Gasteiger partial charge is 0.123 e. The van der Waals surface area contributed by atoms with Gasteiger partial charge in [0.05, 0.1) is 0 Å². The molecule has 0 aromatic heterocycles. The first-order valence-electron chi connectivity index (χ1n) is 8.18. The van der Waals surface area contributed by atoms with Gasteiger partial charge in [-0.3, -0.25) is 0 Å². The van der Waals surface area contributed by atoms with Crippen molar-refractivity contribution >= 4 is 0 Å². The van der Waals surface area contributed by atoms with Gasteiger partial charge in [0.2, 0.25) is 0 Å². The van der Waals surface area contributed by atoms with Crippen molar-refractivity contribution in [3.8, 4) is 5.75 Å². The van der Waals surface area contributed by atoms with Gasteiger partial charge in [0.15, 0.2) is 0 Å². The van der Waals surface area contributed by atoms with Gasteiger partial charge < -0.3 is 4.74 Å². The minimum absolute atomic E-state index is 0.213. The van der Waals surface area contributed by atoms with E-state index in [0.29, 0.717) is 12.5 Å². The van der Waals surface area contributed by atoms with E-state index in [1.807, 2.05) is 0 Å². The molecule has 0 heterocycles. The Morgan fingerprint density at radius 3 is 2.18 bits per heavy atom. The number of halogens is 1. The molecule has 0 radical (unpaired) electrons. The van der Waals surface area contributed by atoms with E-state index < -0.39 is 0 Å². The molecule has 116 valence electrons. The molecule has 0 spiro atoms.